The lowest BCUT2D eigenvalue weighted by Gasteiger charge is -2.09. The number of rotatable bonds is 4. The van der Waals surface area contributed by atoms with Crippen LogP contribution in [0, 0.1) is 0 Å². The number of nitrogens with zero attached hydrogens (tertiary/aromatic N) is 4. The van der Waals surface area contributed by atoms with E-state index in [2.05, 4.69) is 31.7 Å². The average Bonchev–Trinajstić information content (AvgIpc) is 2.96. The first-order valence-electron chi connectivity index (χ1n) is 6.36. The quantitative estimate of drug-likeness (QED) is 0.674. The number of aryl methyl sites for hydroxylation is 2. The van der Waals surface area contributed by atoms with Crippen molar-refractivity contribution in [1.82, 2.24) is 19.3 Å². The molecule has 1 aromatic carbocycles. The minimum atomic E-state index is 0.565. The van der Waals surface area contributed by atoms with Gasteiger partial charge >= 0.3 is 0 Å². The molecule has 0 spiro atoms. The molecule has 0 atom stereocenters. The average molecular weight is 354 g/mol. The van der Waals surface area contributed by atoms with Gasteiger partial charge in [0.15, 0.2) is 0 Å². The molecule has 6 heteroatoms. The van der Waals surface area contributed by atoms with Gasteiger partial charge < -0.3 is 4.57 Å². The highest BCUT2D eigenvalue weighted by Crippen LogP contribution is 2.22. The summed E-state index contributed by atoms with van der Waals surface area (Å²) in [6.45, 7) is 0.751. The van der Waals surface area contributed by atoms with E-state index >= 15 is 0 Å². The fourth-order valence-corrected chi connectivity index (χ4v) is 2.84. The first-order valence-corrected chi connectivity index (χ1v) is 7.69. The molecular formula is C14H14BrClN4. The van der Waals surface area contributed by atoms with Gasteiger partial charge in [0.05, 0.1) is 23.3 Å². The SMILES string of the molecule is Cn1nccc1Cn1c(CCCl)nc2cc(Br)ccc21. The van der Waals surface area contributed by atoms with E-state index in [0.717, 1.165) is 40.0 Å². The Bertz CT molecular complexity index is 747. The summed E-state index contributed by atoms with van der Waals surface area (Å²) in [5, 5.41) is 4.22. The fraction of sp³-hybridized carbons (Fsp3) is 0.286. The van der Waals surface area contributed by atoms with Crippen molar-refractivity contribution in [2.24, 2.45) is 7.05 Å². The molecule has 0 aliphatic rings. The van der Waals surface area contributed by atoms with Crippen LogP contribution in [0.4, 0.5) is 0 Å². The van der Waals surface area contributed by atoms with Crippen molar-refractivity contribution in [3.05, 3.63) is 46.5 Å². The Kier molecular flexibility index (Phi) is 3.81. The van der Waals surface area contributed by atoms with Gasteiger partial charge in [-0.15, -0.1) is 11.6 Å². The summed E-state index contributed by atoms with van der Waals surface area (Å²) in [6, 6.07) is 8.18. The second kappa shape index (κ2) is 5.58. The third kappa shape index (κ3) is 2.47. The largest absolute Gasteiger partial charge is 0.322 e. The molecule has 2 heterocycles. The van der Waals surface area contributed by atoms with E-state index in [0.29, 0.717) is 5.88 Å². The number of aromatic nitrogens is 4. The molecule has 2 aromatic heterocycles. The predicted molar refractivity (Wildman–Crippen MR) is 84.2 cm³/mol. The predicted octanol–water partition coefficient (Wildman–Crippen LogP) is 3.36. The van der Waals surface area contributed by atoms with E-state index in [1.165, 1.54) is 0 Å². The van der Waals surface area contributed by atoms with Crippen LogP contribution in [0.3, 0.4) is 0 Å². The van der Waals surface area contributed by atoms with Crippen molar-refractivity contribution in [3.63, 3.8) is 0 Å². The molecule has 3 rings (SSSR count). The fourth-order valence-electron chi connectivity index (χ4n) is 2.32. The van der Waals surface area contributed by atoms with E-state index in [1.807, 2.05) is 36.1 Å². The topological polar surface area (TPSA) is 35.6 Å². The Labute approximate surface area is 130 Å². The van der Waals surface area contributed by atoms with Crippen molar-refractivity contribution >= 4 is 38.6 Å². The molecule has 0 radical (unpaired) electrons. The second-order valence-electron chi connectivity index (χ2n) is 4.63. The molecule has 4 nitrogen and oxygen atoms in total. The summed E-state index contributed by atoms with van der Waals surface area (Å²) in [4.78, 5) is 4.69. The highest BCUT2D eigenvalue weighted by molar-refractivity contribution is 9.10. The number of halogens is 2. The minimum Gasteiger partial charge on any atom is -0.322 e. The van der Waals surface area contributed by atoms with Crippen molar-refractivity contribution in [2.45, 2.75) is 13.0 Å². The zero-order valence-electron chi connectivity index (χ0n) is 11.1. The molecule has 104 valence electrons. The number of hydrogen-bond donors (Lipinski definition) is 0. The summed E-state index contributed by atoms with van der Waals surface area (Å²) < 4.78 is 5.13. The monoisotopic (exact) mass is 352 g/mol. The van der Waals surface area contributed by atoms with Crippen molar-refractivity contribution < 1.29 is 0 Å². The molecule has 0 saturated heterocycles. The zero-order chi connectivity index (χ0) is 14.1. The van der Waals surface area contributed by atoms with Gasteiger partial charge in [-0.3, -0.25) is 4.68 Å². The Hall–Kier alpha value is -1.33. The van der Waals surface area contributed by atoms with Gasteiger partial charge in [-0.2, -0.15) is 5.10 Å². The Balaban J connectivity index is 2.11. The molecule has 0 saturated carbocycles. The van der Waals surface area contributed by atoms with Crippen LogP contribution in [0.5, 0.6) is 0 Å². The van der Waals surface area contributed by atoms with Crippen molar-refractivity contribution in [2.75, 3.05) is 5.88 Å². The second-order valence-corrected chi connectivity index (χ2v) is 5.93. The summed E-state index contributed by atoms with van der Waals surface area (Å²) in [6.07, 6.45) is 2.57. The van der Waals surface area contributed by atoms with Crippen LogP contribution in [0.2, 0.25) is 0 Å². The van der Waals surface area contributed by atoms with Crippen LogP contribution in [0.25, 0.3) is 11.0 Å². The highest BCUT2D eigenvalue weighted by Gasteiger charge is 2.12. The standard InChI is InChI=1S/C14H14BrClN4/c1-19-11(5-7-17-19)9-20-13-3-2-10(15)8-12(13)18-14(20)4-6-16/h2-3,5,7-8H,4,6,9H2,1H3. The normalized spacial score (nSPS) is 11.3. The van der Waals surface area contributed by atoms with Gasteiger partial charge in [-0.25, -0.2) is 4.98 Å². The van der Waals surface area contributed by atoms with E-state index < -0.39 is 0 Å². The van der Waals surface area contributed by atoms with Gasteiger partial charge in [0.25, 0.3) is 0 Å². The molecule has 0 bridgehead atoms. The van der Waals surface area contributed by atoms with E-state index in [9.17, 15) is 0 Å². The first kappa shape index (κ1) is 13.6. The maximum absolute atomic E-state index is 5.90. The van der Waals surface area contributed by atoms with Crippen LogP contribution in [0.1, 0.15) is 11.5 Å². The van der Waals surface area contributed by atoms with Crippen molar-refractivity contribution in [3.8, 4) is 0 Å². The van der Waals surface area contributed by atoms with Crippen molar-refractivity contribution in [1.29, 1.82) is 0 Å². The smallest absolute Gasteiger partial charge is 0.111 e. The van der Waals surface area contributed by atoms with E-state index in [4.69, 9.17) is 16.6 Å². The van der Waals surface area contributed by atoms with Gasteiger partial charge in [0.1, 0.15) is 5.82 Å². The van der Waals surface area contributed by atoms with Gasteiger partial charge in [0, 0.05) is 30.0 Å². The van der Waals surface area contributed by atoms with E-state index in [-0.39, 0.29) is 0 Å². The third-order valence-corrected chi connectivity index (χ3v) is 4.03. The van der Waals surface area contributed by atoms with Crippen LogP contribution in [0.15, 0.2) is 34.9 Å². The van der Waals surface area contributed by atoms with Crippen LogP contribution in [-0.2, 0) is 20.0 Å². The Morgan fingerprint density at radius 1 is 1.30 bits per heavy atom. The minimum absolute atomic E-state index is 0.565. The molecule has 0 aliphatic heterocycles. The Morgan fingerprint density at radius 3 is 2.85 bits per heavy atom. The number of alkyl halides is 1. The molecule has 0 amide bonds. The number of fused-ring (bicyclic) bond motifs is 1. The lowest BCUT2D eigenvalue weighted by atomic mass is 10.3. The Morgan fingerprint density at radius 2 is 2.15 bits per heavy atom. The summed E-state index contributed by atoms with van der Waals surface area (Å²) >= 11 is 9.39. The molecule has 3 aromatic rings. The maximum atomic E-state index is 5.90. The number of imidazole rings is 1. The van der Waals surface area contributed by atoms with Gasteiger partial charge in [-0.1, -0.05) is 15.9 Å². The number of hydrogen-bond acceptors (Lipinski definition) is 2. The molecule has 0 N–H and O–H groups in total. The lowest BCUT2D eigenvalue weighted by Crippen LogP contribution is -2.09. The summed E-state index contributed by atoms with van der Waals surface area (Å²) in [5.41, 5.74) is 3.25. The molecule has 0 fully saturated rings. The molecule has 20 heavy (non-hydrogen) atoms. The third-order valence-electron chi connectivity index (χ3n) is 3.35. The number of benzene rings is 1. The summed E-state index contributed by atoms with van der Waals surface area (Å²) in [5.74, 6) is 1.57. The van der Waals surface area contributed by atoms with Gasteiger partial charge in [0.2, 0.25) is 0 Å². The molecule has 0 unspecified atom stereocenters. The maximum Gasteiger partial charge on any atom is 0.111 e. The molecule has 0 aliphatic carbocycles. The lowest BCUT2D eigenvalue weighted by molar-refractivity contribution is 0.657. The summed E-state index contributed by atoms with van der Waals surface area (Å²) in [7, 11) is 1.95. The van der Waals surface area contributed by atoms with Crippen LogP contribution in [-0.4, -0.2) is 25.2 Å². The molecular weight excluding hydrogens is 340 g/mol. The van der Waals surface area contributed by atoms with Crippen LogP contribution >= 0.6 is 27.5 Å². The van der Waals surface area contributed by atoms with Gasteiger partial charge in [-0.05, 0) is 24.3 Å². The van der Waals surface area contributed by atoms with E-state index in [1.54, 1.807) is 0 Å². The highest BCUT2D eigenvalue weighted by atomic mass is 79.9. The van der Waals surface area contributed by atoms with Crippen LogP contribution < -0.4 is 0 Å². The first-order chi connectivity index (χ1) is 9.69. The zero-order valence-corrected chi connectivity index (χ0v) is 13.4.